The minimum Gasteiger partial charge on any atom is -1.00 e. The predicted molar refractivity (Wildman–Crippen MR) is 157 cm³/mol. The Kier molecular flexibility index (Phi) is 33.3. The molecule has 0 radical (unpaired) electrons. The van der Waals surface area contributed by atoms with Crippen molar-refractivity contribution in [2.75, 3.05) is 0 Å². The Morgan fingerprint density at radius 1 is 0.342 bits per heavy atom. The van der Waals surface area contributed by atoms with Crippen LogP contribution in [0.2, 0.25) is 0 Å². The zero-order valence-corrected chi connectivity index (χ0v) is 27.3. The van der Waals surface area contributed by atoms with Crippen molar-refractivity contribution < 1.29 is 38.5 Å². The van der Waals surface area contributed by atoms with Crippen LogP contribution in [0.25, 0.3) is 0 Å². The van der Waals surface area contributed by atoms with Crippen LogP contribution >= 0.6 is 0 Å². The highest BCUT2D eigenvalue weighted by Gasteiger charge is 1.99. The van der Waals surface area contributed by atoms with Gasteiger partial charge in [-0.15, -0.1) is 0 Å². The molecule has 0 N–H and O–H groups in total. The molecule has 0 unspecified atom stereocenters. The maximum absolute atomic E-state index is 2.28. The van der Waals surface area contributed by atoms with Gasteiger partial charge < -0.3 is 29.4 Å². The van der Waals surface area contributed by atoms with Crippen LogP contribution < -0.4 is 38.5 Å². The number of unbranched alkanes of at least 4 members (excludes halogenated alkanes) is 18. The third kappa shape index (κ3) is 26.7. The Bertz CT molecular complexity index is 609. The number of aryl methyl sites for hydroxylation is 2. The summed E-state index contributed by atoms with van der Waals surface area (Å²) in [6, 6.07) is 12.6. The van der Waals surface area contributed by atoms with Crippen molar-refractivity contribution in [3.05, 3.63) is 61.2 Å². The van der Waals surface area contributed by atoms with Crippen molar-refractivity contribution in [3.8, 4) is 0 Å². The summed E-state index contributed by atoms with van der Waals surface area (Å²) in [4.78, 5) is 0. The van der Waals surface area contributed by atoms with Crippen LogP contribution in [0.5, 0.6) is 0 Å². The van der Waals surface area contributed by atoms with E-state index >= 15 is 0 Å². The minimum atomic E-state index is 0. The maximum Gasteiger partial charge on any atom is 0.168 e. The normalized spacial score (nSPS) is 10.2. The molecule has 38 heavy (non-hydrogen) atoms. The van der Waals surface area contributed by atoms with Crippen LogP contribution in [0, 0.1) is 0 Å². The van der Waals surface area contributed by atoms with E-state index in [0.717, 1.165) is 0 Å². The molecule has 4 heteroatoms. The Labute approximate surface area is 254 Å². The van der Waals surface area contributed by atoms with Gasteiger partial charge in [0.2, 0.25) is 0 Å². The Morgan fingerprint density at radius 2 is 0.579 bits per heavy atom. The van der Waals surface area contributed by atoms with Crippen molar-refractivity contribution in [2.45, 2.75) is 155 Å². The minimum absolute atomic E-state index is 0. The number of pyridine rings is 2. The van der Waals surface area contributed by atoms with E-state index in [4.69, 9.17) is 0 Å². The largest absolute Gasteiger partial charge is 1.00 e. The van der Waals surface area contributed by atoms with Gasteiger partial charge in [0.1, 0.15) is 13.1 Å². The molecule has 0 bridgehead atoms. The van der Waals surface area contributed by atoms with Gasteiger partial charge in [-0.2, -0.15) is 0 Å². The molecular formula is C34H60BrClN2. The summed E-state index contributed by atoms with van der Waals surface area (Å²) >= 11 is 0. The fraction of sp³-hybridized carbons (Fsp3) is 0.706. The zero-order valence-electron chi connectivity index (χ0n) is 25.0. The smallest absolute Gasteiger partial charge is 0.168 e. The first-order valence-electron chi connectivity index (χ1n) is 15.7. The molecule has 2 nitrogen and oxygen atoms in total. The fourth-order valence-corrected chi connectivity index (χ4v) is 4.73. The Hall–Kier alpha value is -0.930. The highest BCUT2D eigenvalue weighted by Crippen LogP contribution is 2.11. The highest BCUT2D eigenvalue weighted by molar-refractivity contribution is 4.84. The summed E-state index contributed by atoms with van der Waals surface area (Å²) in [6.07, 6.45) is 36.9. The first-order valence-corrected chi connectivity index (χ1v) is 15.7. The topological polar surface area (TPSA) is 7.76 Å². The van der Waals surface area contributed by atoms with E-state index < -0.39 is 0 Å². The van der Waals surface area contributed by atoms with E-state index in [2.05, 4.69) is 84.2 Å². The molecule has 0 saturated carbocycles. The summed E-state index contributed by atoms with van der Waals surface area (Å²) < 4.78 is 4.56. The molecule has 0 aliphatic rings. The lowest BCUT2D eigenvalue weighted by Gasteiger charge is -2.01. The second-order valence-electron chi connectivity index (χ2n) is 10.6. The lowest BCUT2D eigenvalue weighted by atomic mass is 10.1. The first kappa shape index (κ1) is 39.2. The van der Waals surface area contributed by atoms with Crippen LogP contribution in [0.1, 0.15) is 142 Å². The molecule has 0 saturated heterocycles. The van der Waals surface area contributed by atoms with Crippen molar-refractivity contribution in [1.29, 1.82) is 0 Å². The zero-order chi connectivity index (χ0) is 25.8. The number of halogens is 2. The van der Waals surface area contributed by atoms with E-state index in [9.17, 15) is 0 Å². The van der Waals surface area contributed by atoms with E-state index in [1.54, 1.807) is 0 Å². The number of aromatic nitrogens is 2. The lowest BCUT2D eigenvalue weighted by molar-refractivity contribution is -0.697. The summed E-state index contributed by atoms with van der Waals surface area (Å²) in [5, 5.41) is 0. The van der Waals surface area contributed by atoms with Crippen molar-refractivity contribution in [1.82, 2.24) is 0 Å². The van der Waals surface area contributed by atoms with Gasteiger partial charge in [-0.25, -0.2) is 9.13 Å². The molecule has 0 spiro atoms. The van der Waals surface area contributed by atoms with Gasteiger partial charge in [-0.1, -0.05) is 129 Å². The first-order chi connectivity index (χ1) is 17.9. The standard InChI is InChI=1S/2C17H30N.BrH.ClH/c2*1-2-3-4-5-6-7-8-9-10-12-15-18-16-13-11-14-17-18;;/h2*11,13-14,16-17H,2-10,12,15H2,1H3;2*1H/q2*+1;;/p-2. The average Bonchev–Trinajstić information content (AvgIpc) is 2.92. The van der Waals surface area contributed by atoms with Crippen LogP contribution in [-0.2, 0) is 13.1 Å². The SMILES string of the molecule is CCCCCCCCCCCC[n+]1ccccc1.CCCCCCCCCCCC[n+]1ccccc1.[Br-].[Cl-]. The maximum atomic E-state index is 2.28. The van der Waals surface area contributed by atoms with Gasteiger partial charge in [0, 0.05) is 37.1 Å². The van der Waals surface area contributed by atoms with Crippen LogP contribution in [0.15, 0.2) is 61.2 Å². The van der Waals surface area contributed by atoms with E-state index in [1.807, 2.05) is 0 Å². The lowest BCUT2D eigenvalue weighted by Crippen LogP contribution is -3.00. The molecule has 0 aliphatic carbocycles. The Balaban J connectivity index is 0. The quantitative estimate of drug-likeness (QED) is 0.141. The predicted octanol–water partition coefficient (Wildman–Crippen LogP) is 3.80. The van der Waals surface area contributed by atoms with Gasteiger partial charge in [-0.05, 0) is 12.8 Å². The molecule has 0 amide bonds. The highest BCUT2D eigenvalue weighted by atomic mass is 79.9. The molecule has 0 aliphatic heterocycles. The Morgan fingerprint density at radius 3 is 0.842 bits per heavy atom. The summed E-state index contributed by atoms with van der Waals surface area (Å²) in [5.41, 5.74) is 0. The molecule has 2 heterocycles. The van der Waals surface area contributed by atoms with Crippen molar-refractivity contribution in [2.24, 2.45) is 0 Å². The third-order valence-electron chi connectivity index (χ3n) is 7.09. The molecule has 2 rings (SSSR count). The van der Waals surface area contributed by atoms with Gasteiger partial charge in [0.15, 0.2) is 24.8 Å². The molecule has 2 aromatic rings. The van der Waals surface area contributed by atoms with Crippen molar-refractivity contribution >= 4 is 0 Å². The molecule has 0 aromatic carbocycles. The summed E-state index contributed by atoms with van der Waals surface area (Å²) in [5.74, 6) is 0. The monoisotopic (exact) mass is 610 g/mol. The van der Waals surface area contributed by atoms with Gasteiger partial charge in [-0.3, -0.25) is 0 Å². The van der Waals surface area contributed by atoms with Gasteiger partial charge in [0.25, 0.3) is 0 Å². The van der Waals surface area contributed by atoms with Crippen molar-refractivity contribution in [3.63, 3.8) is 0 Å². The molecule has 0 atom stereocenters. The van der Waals surface area contributed by atoms with Gasteiger partial charge in [0.05, 0.1) is 0 Å². The van der Waals surface area contributed by atoms with Crippen LogP contribution in [0.3, 0.4) is 0 Å². The van der Waals surface area contributed by atoms with Crippen LogP contribution in [0.4, 0.5) is 0 Å². The number of rotatable bonds is 22. The third-order valence-corrected chi connectivity index (χ3v) is 7.09. The summed E-state index contributed by atoms with van der Waals surface area (Å²) in [6.45, 7) is 6.92. The molecule has 0 fully saturated rings. The second kappa shape index (κ2) is 32.3. The van der Waals surface area contributed by atoms with E-state index in [1.165, 1.54) is 142 Å². The van der Waals surface area contributed by atoms with E-state index in [0.29, 0.717) is 0 Å². The average molecular weight is 612 g/mol. The second-order valence-corrected chi connectivity index (χ2v) is 10.6. The summed E-state index contributed by atoms with van der Waals surface area (Å²) in [7, 11) is 0. The van der Waals surface area contributed by atoms with Gasteiger partial charge >= 0.3 is 0 Å². The molecule has 220 valence electrons. The fourth-order valence-electron chi connectivity index (χ4n) is 4.73. The molecule has 2 aromatic heterocycles. The number of hydrogen-bond acceptors (Lipinski definition) is 0. The van der Waals surface area contributed by atoms with Crippen LogP contribution in [-0.4, -0.2) is 0 Å². The van der Waals surface area contributed by atoms with E-state index in [-0.39, 0.29) is 29.4 Å². The number of hydrogen-bond donors (Lipinski definition) is 0. The number of nitrogens with zero attached hydrogens (tertiary/aromatic N) is 2. The molecular weight excluding hydrogens is 552 g/mol.